The van der Waals surface area contributed by atoms with E-state index in [0.717, 1.165) is 47.5 Å². The minimum Gasteiger partial charge on any atom is -0.360 e. The van der Waals surface area contributed by atoms with Crippen LogP contribution in [0.1, 0.15) is 49.3 Å². The molecule has 1 saturated carbocycles. The molecule has 3 heterocycles. The molecule has 2 aliphatic rings. The highest BCUT2D eigenvalue weighted by molar-refractivity contribution is 5.95. The Morgan fingerprint density at radius 3 is 2.64 bits per heavy atom. The van der Waals surface area contributed by atoms with Gasteiger partial charge >= 0.3 is 0 Å². The quantitative estimate of drug-likeness (QED) is 0.320. The van der Waals surface area contributed by atoms with Crippen LogP contribution >= 0.6 is 0 Å². The highest BCUT2D eigenvalue weighted by Crippen LogP contribution is 2.41. The number of H-pyrrole nitrogens is 1. The van der Waals surface area contributed by atoms with Gasteiger partial charge in [-0.2, -0.15) is 5.06 Å². The summed E-state index contributed by atoms with van der Waals surface area (Å²) in [6.45, 7) is 8.84. The summed E-state index contributed by atoms with van der Waals surface area (Å²) in [7, 11) is 0. The first kappa shape index (κ1) is 23.2. The molecule has 7 nitrogen and oxygen atoms in total. The number of aryl methyl sites for hydroxylation is 1. The predicted octanol–water partition coefficient (Wildman–Crippen LogP) is 5.84. The van der Waals surface area contributed by atoms with Crippen LogP contribution in [-0.2, 0) is 6.54 Å². The second-order valence-corrected chi connectivity index (χ2v) is 10.7. The number of nitrogens with one attached hydrogen (secondary N) is 2. The number of piperazine rings is 1. The van der Waals surface area contributed by atoms with Crippen molar-refractivity contribution in [2.75, 3.05) is 18.4 Å². The van der Waals surface area contributed by atoms with Gasteiger partial charge in [-0.25, -0.2) is 9.97 Å². The predicted molar refractivity (Wildman–Crippen MR) is 144 cm³/mol. The minimum atomic E-state index is 0.127. The van der Waals surface area contributed by atoms with Crippen LogP contribution in [0.5, 0.6) is 0 Å². The number of nitrogens with zero attached hydrogens (tertiary/aromatic N) is 4. The Balaban J connectivity index is 1.26. The first-order valence-electron chi connectivity index (χ1n) is 12.9. The number of hydroxylamine groups is 2. The van der Waals surface area contributed by atoms with Gasteiger partial charge in [-0.1, -0.05) is 18.2 Å². The summed E-state index contributed by atoms with van der Waals surface area (Å²) in [5.41, 5.74) is 8.03. The molecule has 2 fully saturated rings. The van der Waals surface area contributed by atoms with Crippen LogP contribution in [0.3, 0.4) is 0 Å². The average molecular weight is 483 g/mol. The smallest absolute Gasteiger partial charge is 0.227 e. The van der Waals surface area contributed by atoms with Gasteiger partial charge in [0.15, 0.2) is 0 Å². The molecule has 3 N–H and O–H groups in total. The van der Waals surface area contributed by atoms with Crippen LogP contribution in [0.2, 0.25) is 0 Å². The molecule has 7 heteroatoms. The molecular weight excluding hydrogens is 448 g/mol. The fourth-order valence-corrected chi connectivity index (χ4v) is 5.50. The monoisotopic (exact) mass is 482 g/mol. The normalized spacial score (nSPS) is 21.2. The lowest BCUT2D eigenvalue weighted by atomic mass is 10.0. The Morgan fingerprint density at radius 2 is 1.86 bits per heavy atom. The fraction of sp³-hybridized carbons (Fsp3) is 0.379. The number of rotatable bonds is 6. The van der Waals surface area contributed by atoms with Gasteiger partial charge in [0.1, 0.15) is 0 Å². The third-order valence-electron chi connectivity index (χ3n) is 7.44. The molecule has 4 aromatic rings. The fourth-order valence-electron chi connectivity index (χ4n) is 5.50. The van der Waals surface area contributed by atoms with Gasteiger partial charge in [-0.3, -0.25) is 4.90 Å². The van der Waals surface area contributed by atoms with Crippen molar-refractivity contribution >= 4 is 22.5 Å². The summed E-state index contributed by atoms with van der Waals surface area (Å²) in [6.07, 6.45) is 6.36. The van der Waals surface area contributed by atoms with E-state index >= 15 is 0 Å². The van der Waals surface area contributed by atoms with Gasteiger partial charge in [0, 0.05) is 66.3 Å². The molecule has 186 valence electrons. The van der Waals surface area contributed by atoms with Crippen LogP contribution in [0, 0.1) is 6.92 Å². The summed E-state index contributed by atoms with van der Waals surface area (Å²) in [4.78, 5) is 15.2. The zero-order valence-electron chi connectivity index (χ0n) is 21.2. The zero-order chi connectivity index (χ0) is 24.8. The van der Waals surface area contributed by atoms with E-state index in [-0.39, 0.29) is 12.1 Å². The van der Waals surface area contributed by atoms with Gasteiger partial charge < -0.3 is 15.5 Å². The van der Waals surface area contributed by atoms with Crippen molar-refractivity contribution in [1.29, 1.82) is 0 Å². The Bertz CT molecular complexity index is 1380. The van der Waals surface area contributed by atoms with Crippen molar-refractivity contribution in [1.82, 2.24) is 24.9 Å². The maximum absolute atomic E-state index is 10.2. The minimum absolute atomic E-state index is 0.127. The number of aromatic amines is 1. The van der Waals surface area contributed by atoms with Crippen LogP contribution in [0.15, 0.2) is 54.9 Å². The van der Waals surface area contributed by atoms with Crippen molar-refractivity contribution in [2.45, 2.75) is 58.2 Å². The first-order valence-corrected chi connectivity index (χ1v) is 12.9. The van der Waals surface area contributed by atoms with Crippen molar-refractivity contribution in [2.24, 2.45) is 0 Å². The van der Waals surface area contributed by atoms with Crippen molar-refractivity contribution in [3.8, 4) is 11.3 Å². The van der Waals surface area contributed by atoms with Gasteiger partial charge in [0.25, 0.3) is 0 Å². The van der Waals surface area contributed by atoms with E-state index in [9.17, 15) is 5.21 Å². The van der Waals surface area contributed by atoms with E-state index in [0.29, 0.717) is 11.9 Å². The van der Waals surface area contributed by atoms with Crippen LogP contribution in [0.4, 0.5) is 11.6 Å². The summed E-state index contributed by atoms with van der Waals surface area (Å²) in [5, 5.41) is 16.3. The molecule has 36 heavy (non-hydrogen) atoms. The third kappa shape index (κ3) is 4.74. The Hall–Kier alpha value is -3.26. The van der Waals surface area contributed by atoms with Crippen LogP contribution < -0.4 is 5.32 Å². The molecule has 1 saturated heterocycles. The van der Waals surface area contributed by atoms with Gasteiger partial charge in [-0.15, -0.1) is 0 Å². The number of fused-ring (bicyclic) bond motifs is 1. The zero-order valence-corrected chi connectivity index (χ0v) is 21.2. The molecular formula is C29H34N6O. The van der Waals surface area contributed by atoms with E-state index in [1.165, 1.54) is 34.6 Å². The lowest BCUT2D eigenvalue weighted by Gasteiger charge is -2.40. The summed E-state index contributed by atoms with van der Waals surface area (Å²) >= 11 is 0. The molecule has 2 aromatic carbocycles. The van der Waals surface area contributed by atoms with Gasteiger partial charge in [0.2, 0.25) is 5.95 Å². The van der Waals surface area contributed by atoms with Crippen molar-refractivity contribution < 1.29 is 5.21 Å². The maximum Gasteiger partial charge on any atom is 0.227 e. The van der Waals surface area contributed by atoms with Crippen molar-refractivity contribution in [3.63, 3.8) is 0 Å². The Kier molecular flexibility index (Phi) is 5.99. The van der Waals surface area contributed by atoms with Crippen molar-refractivity contribution in [3.05, 3.63) is 71.5 Å². The number of benzene rings is 2. The lowest BCUT2D eigenvalue weighted by molar-refractivity contribution is -0.181. The van der Waals surface area contributed by atoms with E-state index in [4.69, 9.17) is 4.98 Å². The Morgan fingerprint density at radius 1 is 1.06 bits per heavy atom. The number of aromatic nitrogens is 3. The second kappa shape index (κ2) is 9.32. The second-order valence-electron chi connectivity index (χ2n) is 10.7. The average Bonchev–Trinajstić information content (AvgIpc) is 3.62. The highest BCUT2D eigenvalue weighted by atomic mass is 16.5. The first-order chi connectivity index (χ1) is 17.4. The largest absolute Gasteiger partial charge is 0.360 e. The van der Waals surface area contributed by atoms with E-state index < -0.39 is 0 Å². The van der Waals surface area contributed by atoms with Crippen LogP contribution in [0.25, 0.3) is 22.2 Å². The van der Waals surface area contributed by atoms with E-state index in [1.54, 1.807) is 0 Å². The molecule has 0 amide bonds. The molecule has 1 aliphatic carbocycles. The molecule has 0 radical (unpaired) electrons. The lowest BCUT2D eigenvalue weighted by Crippen LogP contribution is -2.54. The molecule has 1 aliphatic heterocycles. The summed E-state index contributed by atoms with van der Waals surface area (Å²) < 4.78 is 0. The standard InChI is InChI=1S/C29H34N6O/c1-18-4-7-25-26(14-31-28(25)10-18)27-8-9-30-29(33-27)32-24-12-21(11-23(13-24)22-5-6-22)17-34-15-19(2)35(36)20(3)16-34/h4,7-14,19-20,22,31,36H,5-6,15-17H2,1-3H3,(H,30,32,33)/t19-,20+. The highest BCUT2D eigenvalue weighted by Gasteiger charge is 2.29. The summed E-state index contributed by atoms with van der Waals surface area (Å²) in [6, 6.07) is 15.5. The molecule has 0 unspecified atom stereocenters. The Labute approximate surface area is 212 Å². The number of hydrogen-bond donors (Lipinski definition) is 3. The van der Waals surface area contributed by atoms with Gasteiger partial charge in [-0.05, 0) is 80.5 Å². The summed E-state index contributed by atoms with van der Waals surface area (Å²) in [5.74, 6) is 1.25. The van der Waals surface area contributed by atoms with Gasteiger partial charge in [0.05, 0.1) is 5.69 Å². The number of hydrogen-bond acceptors (Lipinski definition) is 6. The molecule has 2 aromatic heterocycles. The van der Waals surface area contributed by atoms with Crippen LogP contribution in [-0.4, -0.2) is 55.3 Å². The maximum atomic E-state index is 10.2. The third-order valence-corrected chi connectivity index (χ3v) is 7.44. The molecule has 2 atom stereocenters. The molecule has 0 bridgehead atoms. The molecule has 0 spiro atoms. The SMILES string of the molecule is Cc1ccc2c(-c3ccnc(Nc4cc(CN5C[C@@H](C)N(O)[C@@H](C)C5)cc(C5CC5)c4)n3)c[nH]c2c1. The van der Waals surface area contributed by atoms with E-state index in [2.05, 4.69) is 77.4 Å². The molecule has 6 rings (SSSR count). The topological polar surface area (TPSA) is 80.3 Å². The van der Waals surface area contributed by atoms with E-state index in [1.807, 2.05) is 18.5 Å². The number of anilines is 2.